The van der Waals surface area contributed by atoms with Crippen molar-refractivity contribution < 1.29 is 9.18 Å². The molecule has 0 spiro atoms. The largest absolute Gasteiger partial charge is 0.323 e. The third-order valence-corrected chi connectivity index (χ3v) is 3.75. The molecule has 0 saturated heterocycles. The van der Waals surface area contributed by atoms with Gasteiger partial charge in [-0.15, -0.1) is 0 Å². The smallest absolute Gasteiger partial charge is 0.228 e. The van der Waals surface area contributed by atoms with E-state index < -0.39 is 5.82 Å². The normalized spacial score (nSPS) is 10.6. The molecule has 4 heteroatoms. The summed E-state index contributed by atoms with van der Waals surface area (Å²) in [7, 11) is 0. The summed E-state index contributed by atoms with van der Waals surface area (Å²) < 4.78 is 13.8. The van der Waals surface area contributed by atoms with Crippen LogP contribution in [0.15, 0.2) is 60.7 Å². The number of hydrogen-bond acceptors (Lipinski definition) is 1. The zero-order chi connectivity index (χ0) is 15.5. The first-order valence-corrected chi connectivity index (χ1v) is 7.23. The molecule has 2 nitrogen and oxygen atoms in total. The fourth-order valence-electron chi connectivity index (χ4n) is 2.41. The number of carbonyl (C=O) groups is 1. The van der Waals surface area contributed by atoms with Gasteiger partial charge in [0.2, 0.25) is 5.91 Å². The summed E-state index contributed by atoms with van der Waals surface area (Å²) in [6, 6.07) is 18.2. The molecule has 1 amide bonds. The van der Waals surface area contributed by atoms with Gasteiger partial charge in [0.05, 0.1) is 17.1 Å². The Kier molecular flexibility index (Phi) is 4.07. The van der Waals surface area contributed by atoms with Crippen molar-refractivity contribution >= 4 is 34.0 Å². The summed E-state index contributed by atoms with van der Waals surface area (Å²) in [5.74, 6) is -0.895. The van der Waals surface area contributed by atoms with Gasteiger partial charge in [-0.3, -0.25) is 4.79 Å². The molecule has 0 bridgehead atoms. The van der Waals surface area contributed by atoms with E-state index in [2.05, 4.69) is 5.32 Å². The second-order valence-corrected chi connectivity index (χ2v) is 5.37. The van der Waals surface area contributed by atoms with Crippen LogP contribution < -0.4 is 5.32 Å². The maximum Gasteiger partial charge on any atom is 0.228 e. The molecule has 0 heterocycles. The van der Waals surface area contributed by atoms with E-state index in [0.29, 0.717) is 0 Å². The minimum atomic E-state index is -0.615. The van der Waals surface area contributed by atoms with Crippen LogP contribution in [0, 0.1) is 5.82 Å². The summed E-state index contributed by atoms with van der Waals surface area (Å²) in [4.78, 5) is 12.2. The Morgan fingerprint density at radius 3 is 2.59 bits per heavy atom. The number of nitrogens with one attached hydrogen (secondary N) is 1. The van der Waals surface area contributed by atoms with Crippen molar-refractivity contribution in [3.63, 3.8) is 0 Å². The van der Waals surface area contributed by atoms with Gasteiger partial charge in [-0.2, -0.15) is 0 Å². The number of amides is 1. The summed E-state index contributed by atoms with van der Waals surface area (Å²) in [5.41, 5.74) is 0.996. The van der Waals surface area contributed by atoms with Gasteiger partial charge in [0.15, 0.2) is 5.82 Å². The standard InChI is InChI=1S/C18H13ClFNO/c19-15-9-4-10-16(18(15)20)21-17(22)11-13-7-3-6-12-5-1-2-8-14(12)13/h1-10H,11H2,(H,21,22). The molecule has 0 saturated carbocycles. The van der Waals surface area contributed by atoms with Gasteiger partial charge in [0.1, 0.15) is 0 Å². The number of fused-ring (bicyclic) bond motifs is 1. The zero-order valence-electron chi connectivity index (χ0n) is 11.6. The monoisotopic (exact) mass is 313 g/mol. The number of anilines is 1. The molecule has 0 aliphatic heterocycles. The summed E-state index contributed by atoms with van der Waals surface area (Å²) in [6.45, 7) is 0. The molecular weight excluding hydrogens is 301 g/mol. The van der Waals surface area contributed by atoms with E-state index in [1.54, 1.807) is 6.07 Å². The van der Waals surface area contributed by atoms with Gasteiger partial charge < -0.3 is 5.32 Å². The molecule has 0 radical (unpaired) electrons. The maximum atomic E-state index is 13.8. The van der Waals surface area contributed by atoms with Crippen LogP contribution in [0.5, 0.6) is 0 Å². The van der Waals surface area contributed by atoms with Gasteiger partial charge in [0, 0.05) is 0 Å². The number of benzene rings is 3. The topological polar surface area (TPSA) is 29.1 Å². The SMILES string of the molecule is O=C(Cc1cccc2ccccc12)Nc1cccc(Cl)c1F. The van der Waals surface area contributed by atoms with Crippen LogP contribution in [0.3, 0.4) is 0 Å². The third-order valence-electron chi connectivity index (χ3n) is 3.46. The average Bonchev–Trinajstić information content (AvgIpc) is 2.52. The van der Waals surface area contributed by atoms with E-state index in [0.717, 1.165) is 16.3 Å². The lowest BCUT2D eigenvalue weighted by Crippen LogP contribution is -2.15. The van der Waals surface area contributed by atoms with Crippen molar-refractivity contribution in [2.75, 3.05) is 5.32 Å². The minimum absolute atomic E-state index is 0.0111. The lowest BCUT2D eigenvalue weighted by Gasteiger charge is -2.09. The molecule has 0 unspecified atom stereocenters. The zero-order valence-corrected chi connectivity index (χ0v) is 12.4. The Morgan fingerprint density at radius 2 is 1.73 bits per heavy atom. The number of rotatable bonds is 3. The van der Waals surface area contributed by atoms with Gasteiger partial charge >= 0.3 is 0 Å². The Hall–Kier alpha value is -2.39. The number of carbonyl (C=O) groups excluding carboxylic acids is 1. The molecular formula is C18H13ClFNO. The molecule has 22 heavy (non-hydrogen) atoms. The van der Waals surface area contributed by atoms with E-state index in [4.69, 9.17) is 11.6 Å². The van der Waals surface area contributed by atoms with Gasteiger partial charge in [-0.05, 0) is 28.5 Å². The van der Waals surface area contributed by atoms with Crippen molar-refractivity contribution in [2.45, 2.75) is 6.42 Å². The van der Waals surface area contributed by atoms with E-state index in [1.165, 1.54) is 12.1 Å². The number of halogens is 2. The predicted octanol–water partition coefficient (Wildman–Crippen LogP) is 4.81. The van der Waals surface area contributed by atoms with E-state index in [1.807, 2.05) is 42.5 Å². The van der Waals surface area contributed by atoms with Crippen molar-refractivity contribution in [3.05, 3.63) is 77.1 Å². The summed E-state index contributed by atoms with van der Waals surface area (Å²) in [6.07, 6.45) is 0.174. The van der Waals surface area contributed by atoms with Gasteiger partial charge in [-0.1, -0.05) is 60.1 Å². The second-order valence-electron chi connectivity index (χ2n) is 4.96. The third kappa shape index (κ3) is 2.95. The van der Waals surface area contributed by atoms with Crippen molar-refractivity contribution in [2.24, 2.45) is 0 Å². The lowest BCUT2D eigenvalue weighted by atomic mass is 10.0. The molecule has 0 aliphatic rings. The number of hydrogen-bond donors (Lipinski definition) is 1. The van der Waals surface area contributed by atoms with Crippen LogP contribution in [0.4, 0.5) is 10.1 Å². The van der Waals surface area contributed by atoms with E-state index in [9.17, 15) is 9.18 Å². The summed E-state index contributed by atoms with van der Waals surface area (Å²) in [5, 5.41) is 4.65. The van der Waals surface area contributed by atoms with Crippen LogP contribution in [-0.2, 0) is 11.2 Å². The van der Waals surface area contributed by atoms with Crippen molar-refractivity contribution in [1.29, 1.82) is 0 Å². The van der Waals surface area contributed by atoms with Crippen LogP contribution in [0.1, 0.15) is 5.56 Å². The molecule has 110 valence electrons. The van der Waals surface area contributed by atoms with Crippen LogP contribution in [0.2, 0.25) is 5.02 Å². The molecule has 0 aliphatic carbocycles. The second kappa shape index (κ2) is 6.16. The predicted molar refractivity (Wildman–Crippen MR) is 87.7 cm³/mol. The van der Waals surface area contributed by atoms with Gasteiger partial charge in [-0.25, -0.2) is 4.39 Å². The Balaban J connectivity index is 1.83. The fraction of sp³-hybridized carbons (Fsp3) is 0.0556. The van der Waals surface area contributed by atoms with Crippen molar-refractivity contribution in [1.82, 2.24) is 0 Å². The Morgan fingerprint density at radius 1 is 1.00 bits per heavy atom. The average molecular weight is 314 g/mol. The van der Waals surface area contributed by atoms with Crippen LogP contribution in [0.25, 0.3) is 10.8 Å². The summed E-state index contributed by atoms with van der Waals surface area (Å²) >= 11 is 5.71. The van der Waals surface area contributed by atoms with Crippen molar-refractivity contribution in [3.8, 4) is 0 Å². The first kappa shape index (κ1) is 14.5. The minimum Gasteiger partial charge on any atom is -0.323 e. The maximum absolute atomic E-state index is 13.8. The van der Waals surface area contributed by atoms with Gasteiger partial charge in [0.25, 0.3) is 0 Å². The van der Waals surface area contributed by atoms with Crippen LogP contribution >= 0.6 is 11.6 Å². The van der Waals surface area contributed by atoms with Crippen LogP contribution in [-0.4, -0.2) is 5.91 Å². The van der Waals surface area contributed by atoms with E-state index in [-0.39, 0.29) is 23.0 Å². The molecule has 0 fully saturated rings. The molecule has 1 N–H and O–H groups in total. The molecule has 0 atom stereocenters. The Bertz CT molecular complexity index is 842. The molecule has 0 aromatic heterocycles. The molecule has 3 rings (SSSR count). The highest BCUT2D eigenvalue weighted by Crippen LogP contribution is 2.23. The highest BCUT2D eigenvalue weighted by Gasteiger charge is 2.11. The molecule has 3 aromatic carbocycles. The first-order valence-electron chi connectivity index (χ1n) is 6.85. The fourth-order valence-corrected chi connectivity index (χ4v) is 2.59. The quantitative estimate of drug-likeness (QED) is 0.738. The molecule has 3 aromatic rings. The highest BCUT2D eigenvalue weighted by atomic mass is 35.5. The van der Waals surface area contributed by atoms with E-state index >= 15 is 0 Å². The first-order chi connectivity index (χ1) is 10.6. The highest BCUT2D eigenvalue weighted by molar-refractivity contribution is 6.31. The lowest BCUT2D eigenvalue weighted by molar-refractivity contribution is -0.115. The Labute approximate surface area is 132 Å².